The maximum absolute atomic E-state index is 12.0. The van der Waals surface area contributed by atoms with Crippen LogP contribution in [0.3, 0.4) is 0 Å². The molecule has 4 nitrogen and oxygen atoms in total. The highest BCUT2D eigenvalue weighted by atomic mass is 35.5. The molecule has 0 fully saturated rings. The molecular formula is C16H19ClO4. The number of hydrogen-bond donors (Lipinski definition) is 0. The average molecular weight is 311 g/mol. The fraction of sp³-hybridized carbons (Fsp3) is 0.375. The topological polar surface area (TPSA) is 52.6 Å². The molecule has 1 rings (SSSR count). The van der Waals surface area contributed by atoms with Crippen LogP contribution in [0.1, 0.15) is 41.8 Å². The van der Waals surface area contributed by atoms with E-state index < -0.39 is 11.9 Å². The smallest absolute Gasteiger partial charge is 0.340 e. The fourth-order valence-corrected chi connectivity index (χ4v) is 2.22. The van der Waals surface area contributed by atoms with E-state index in [4.69, 9.17) is 16.3 Å². The van der Waals surface area contributed by atoms with Crippen LogP contribution in [-0.4, -0.2) is 25.7 Å². The first kappa shape index (κ1) is 17.2. The summed E-state index contributed by atoms with van der Waals surface area (Å²) in [5.74, 6) is -1.00. The summed E-state index contributed by atoms with van der Waals surface area (Å²) in [7, 11) is 1.29. The van der Waals surface area contributed by atoms with Crippen molar-refractivity contribution >= 4 is 29.6 Å². The monoisotopic (exact) mass is 310 g/mol. The van der Waals surface area contributed by atoms with Crippen molar-refractivity contribution in [3.63, 3.8) is 0 Å². The first-order chi connectivity index (χ1) is 10.0. The van der Waals surface area contributed by atoms with Crippen LogP contribution in [0.2, 0.25) is 5.02 Å². The van der Waals surface area contributed by atoms with E-state index >= 15 is 0 Å². The second kappa shape index (κ2) is 8.47. The van der Waals surface area contributed by atoms with Crippen LogP contribution in [-0.2, 0) is 20.7 Å². The van der Waals surface area contributed by atoms with Crippen molar-refractivity contribution in [3.8, 4) is 0 Å². The Bertz CT molecular complexity index is 549. The number of esters is 2. The molecule has 1 aromatic carbocycles. The predicted molar refractivity (Wildman–Crippen MR) is 82.5 cm³/mol. The van der Waals surface area contributed by atoms with Gasteiger partial charge < -0.3 is 9.47 Å². The van der Waals surface area contributed by atoms with Gasteiger partial charge >= 0.3 is 11.9 Å². The van der Waals surface area contributed by atoms with Gasteiger partial charge in [-0.1, -0.05) is 31.0 Å². The lowest BCUT2D eigenvalue weighted by Gasteiger charge is -2.10. The van der Waals surface area contributed by atoms with Crippen molar-refractivity contribution in [1.82, 2.24) is 0 Å². The third-order valence-electron chi connectivity index (χ3n) is 2.80. The largest absolute Gasteiger partial charge is 0.466 e. The van der Waals surface area contributed by atoms with Gasteiger partial charge in [0.05, 0.1) is 24.3 Å². The molecule has 0 radical (unpaired) electrons. The highest BCUT2D eigenvalue weighted by Gasteiger charge is 2.17. The van der Waals surface area contributed by atoms with Gasteiger partial charge in [0.2, 0.25) is 0 Å². The predicted octanol–water partition coefficient (Wildman–Crippen LogP) is 3.66. The van der Waals surface area contributed by atoms with Crippen LogP contribution < -0.4 is 0 Å². The molecule has 0 N–H and O–H groups in total. The number of halogens is 1. The second-order valence-corrected chi connectivity index (χ2v) is 4.78. The standard InChI is InChI=1S/C16H19ClO4/c1-4-6-11-9-12(7-8-14(18)20-3)15(13(17)10-11)16(19)21-5-2/h7-10H,4-6H2,1-3H3/b8-7+. The van der Waals surface area contributed by atoms with E-state index in [1.54, 1.807) is 13.0 Å². The number of rotatable bonds is 6. The molecule has 0 aliphatic carbocycles. The third kappa shape index (κ3) is 4.90. The molecule has 0 aliphatic heterocycles. The van der Waals surface area contributed by atoms with Gasteiger partial charge in [0, 0.05) is 6.08 Å². The second-order valence-electron chi connectivity index (χ2n) is 4.37. The molecule has 0 aliphatic rings. The number of hydrogen-bond acceptors (Lipinski definition) is 4. The van der Waals surface area contributed by atoms with Crippen molar-refractivity contribution < 1.29 is 19.1 Å². The highest BCUT2D eigenvalue weighted by Crippen LogP contribution is 2.25. The van der Waals surface area contributed by atoms with E-state index in [1.165, 1.54) is 19.3 Å². The van der Waals surface area contributed by atoms with E-state index in [0.29, 0.717) is 10.6 Å². The maximum Gasteiger partial charge on any atom is 0.340 e. The van der Waals surface area contributed by atoms with Gasteiger partial charge in [-0.05, 0) is 36.6 Å². The minimum Gasteiger partial charge on any atom is -0.466 e. The van der Waals surface area contributed by atoms with Crippen molar-refractivity contribution in [2.24, 2.45) is 0 Å². The fourth-order valence-electron chi connectivity index (χ4n) is 1.90. The zero-order chi connectivity index (χ0) is 15.8. The van der Waals surface area contributed by atoms with Crippen LogP contribution in [0.5, 0.6) is 0 Å². The van der Waals surface area contributed by atoms with E-state index in [0.717, 1.165) is 18.4 Å². The van der Waals surface area contributed by atoms with Crippen LogP contribution >= 0.6 is 11.6 Å². The summed E-state index contributed by atoms with van der Waals surface area (Å²) < 4.78 is 9.56. The Kier molecular flexibility index (Phi) is 6.96. The quantitative estimate of drug-likeness (QED) is 0.594. The molecule has 0 amide bonds. The molecule has 0 spiro atoms. The lowest BCUT2D eigenvalue weighted by atomic mass is 10.0. The van der Waals surface area contributed by atoms with Gasteiger partial charge in [0.25, 0.3) is 0 Å². The van der Waals surface area contributed by atoms with Gasteiger partial charge in [0.1, 0.15) is 0 Å². The van der Waals surface area contributed by atoms with Crippen molar-refractivity contribution in [3.05, 3.63) is 39.9 Å². The van der Waals surface area contributed by atoms with E-state index in [-0.39, 0.29) is 12.2 Å². The van der Waals surface area contributed by atoms with E-state index in [2.05, 4.69) is 11.7 Å². The molecule has 0 aromatic heterocycles. The number of aryl methyl sites for hydroxylation is 1. The molecule has 114 valence electrons. The van der Waals surface area contributed by atoms with E-state index in [9.17, 15) is 9.59 Å². The molecular weight excluding hydrogens is 292 g/mol. The summed E-state index contributed by atoms with van der Waals surface area (Å²) in [5, 5.41) is 0.323. The Morgan fingerprint density at radius 3 is 2.57 bits per heavy atom. The number of ether oxygens (including phenoxy) is 2. The Morgan fingerprint density at radius 1 is 1.29 bits per heavy atom. The summed E-state index contributed by atoms with van der Waals surface area (Å²) in [5.41, 5.74) is 1.81. The van der Waals surface area contributed by atoms with Gasteiger partial charge in [0.15, 0.2) is 0 Å². The Balaban J connectivity index is 3.29. The zero-order valence-corrected chi connectivity index (χ0v) is 13.2. The first-order valence-electron chi connectivity index (χ1n) is 6.79. The Labute approximate surface area is 129 Å². The van der Waals surface area contributed by atoms with Crippen LogP contribution in [0.4, 0.5) is 0 Å². The molecule has 1 aromatic rings. The Hall–Kier alpha value is -1.81. The summed E-state index contributed by atoms with van der Waals surface area (Å²) in [6.07, 6.45) is 4.56. The van der Waals surface area contributed by atoms with Gasteiger partial charge in [-0.25, -0.2) is 9.59 Å². The molecule has 5 heteroatoms. The average Bonchev–Trinajstić information content (AvgIpc) is 2.44. The van der Waals surface area contributed by atoms with Crippen molar-refractivity contribution in [2.45, 2.75) is 26.7 Å². The number of benzene rings is 1. The normalized spacial score (nSPS) is 10.7. The molecule has 0 saturated heterocycles. The number of methoxy groups -OCH3 is 1. The number of carbonyl (C=O) groups excluding carboxylic acids is 2. The van der Waals surface area contributed by atoms with E-state index in [1.807, 2.05) is 6.07 Å². The van der Waals surface area contributed by atoms with Crippen molar-refractivity contribution in [1.29, 1.82) is 0 Å². The SMILES string of the molecule is CCCc1cc(Cl)c(C(=O)OCC)c(/C=C/C(=O)OC)c1. The van der Waals surface area contributed by atoms with Crippen LogP contribution in [0.25, 0.3) is 6.08 Å². The first-order valence-corrected chi connectivity index (χ1v) is 7.16. The minimum absolute atomic E-state index is 0.256. The molecule has 0 heterocycles. The summed E-state index contributed by atoms with van der Waals surface area (Å²) in [6.45, 7) is 4.03. The van der Waals surface area contributed by atoms with Crippen molar-refractivity contribution in [2.75, 3.05) is 13.7 Å². The van der Waals surface area contributed by atoms with Crippen LogP contribution in [0, 0.1) is 0 Å². The molecule has 0 unspecified atom stereocenters. The summed E-state index contributed by atoms with van der Waals surface area (Å²) >= 11 is 6.20. The third-order valence-corrected chi connectivity index (χ3v) is 3.10. The zero-order valence-electron chi connectivity index (χ0n) is 12.4. The summed E-state index contributed by atoms with van der Waals surface area (Å²) in [4.78, 5) is 23.2. The molecule has 0 bridgehead atoms. The molecule has 0 atom stereocenters. The molecule has 21 heavy (non-hydrogen) atoms. The lowest BCUT2D eigenvalue weighted by molar-refractivity contribution is -0.134. The molecule has 0 saturated carbocycles. The van der Waals surface area contributed by atoms with Gasteiger partial charge in [-0.2, -0.15) is 0 Å². The number of carbonyl (C=O) groups is 2. The van der Waals surface area contributed by atoms with Crippen LogP contribution in [0.15, 0.2) is 18.2 Å². The van der Waals surface area contributed by atoms with Gasteiger partial charge in [-0.3, -0.25) is 0 Å². The highest BCUT2D eigenvalue weighted by molar-refractivity contribution is 6.34. The Morgan fingerprint density at radius 2 is 2.00 bits per heavy atom. The lowest BCUT2D eigenvalue weighted by Crippen LogP contribution is -2.08. The maximum atomic E-state index is 12.0. The van der Waals surface area contributed by atoms with Gasteiger partial charge in [-0.15, -0.1) is 0 Å². The minimum atomic E-state index is -0.505. The summed E-state index contributed by atoms with van der Waals surface area (Å²) in [6, 6.07) is 3.59.